The normalized spacial score (nSPS) is 12.4. The van der Waals surface area contributed by atoms with Crippen LogP contribution in [0.3, 0.4) is 0 Å². The van der Waals surface area contributed by atoms with Gasteiger partial charge in [0.25, 0.3) is 0 Å². The van der Waals surface area contributed by atoms with Gasteiger partial charge in [-0.15, -0.1) is 0 Å². The molecule has 0 bridgehead atoms. The number of hydrogen-bond donors (Lipinski definition) is 1. The highest BCUT2D eigenvalue weighted by Gasteiger charge is 2.16. The van der Waals surface area contributed by atoms with Crippen LogP contribution in [0.25, 0.3) is 0 Å². The van der Waals surface area contributed by atoms with E-state index in [-0.39, 0.29) is 11.7 Å². The highest BCUT2D eigenvalue weighted by molar-refractivity contribution is 5.93. The molecule has 1 aromatic carbocycles. The first-order chi connectivity index (χ1) is 10.5. The highest BCUT2D eigenvalue weighted by Crippen LogP contribution is 2.30. The van der Waals surface area contributed by atoms with E-state index in [9.17, 15) is 9.90 Å². The fourth-order valence-corrected chi connectivity index (χ4v) is 2.22. The number of carbonyl (C=O) groups excluding carboxylic acids is 1. The molecule has 1 amide bonds. The highest BCUT2D eigenvalue weighted by atomic mass is 16.5. The maximum Gasteiger partial charge on any atom is 0.226 e. The molecule has 0 aliphatic heterocycles. The van der Waals surface area contributed by atoms with Crippen LogP contribution in [0.15, 0.2) is 30.4 Å². The summed E-state index contributed by atoms with van der Waals surface area (Å²) in [7, 11) is 3.24. The van der Waals surface area contributed by atoms with Crippen molar-refractivity contribution >= 4 is 11.6 Å². The lowest BCUT2D eigenvalue weighted by Crippen LogP contribution is -2.27. The topological polar surface area (TPSA) is 49.8 Å². The quantitative estimate of drug-likeness (QED) is 0.734. The summed E-state index contributed by atoms with van der Waals surface area (Å²) in [6.45, 7) is 4.22. The van der Waals surface area contributed by atoms with Gasteiger partial charge < -0.3 is 14.7 Å². The van der Waals surface area contributed by atoms with Gasteiger partial charge >= 0.3 is 0 Å². The average molecular weight is 305 g/mol. The van der Waals surface area contributed by atoms with Crippen LogP contribution in [0, 0.1) is 5.92 Å². The van der Waals surface area contributed by atoms with Crippen LogP contribution < -0.4 is 9.64 Å². The van der Waals surface area contributed by atoms with E-state index in [1.807, 2.05) is 0 Å². The van der Waals surface area contributed by atoms with E-state index in [0.717, 1.165) is 24.9 Å². The lowest BCUT2D eigenvalue weighted by Gasteiger charge is -2.20. The van der Waals surface area contributed by atoms with Crippen molar-refractivity contribution in [2.24, 2.45) is 5.92 Å². The Morgan fingerprint density at radius 3 is 2.77 bits per heavy atom. The number of phenols is 1. The third kappa shape index (κ3) is 5.43. The van der Waals surface area contributed by atoms with Crippen LogP contribution in [0.1, 0.15) is 39.5 Å². The van der Waals surface area contributed by atoms with Gasteiger partial charge in [0.05, 0.1) is 7.11 Å². The summed E-state index contributed by atoms with van der Waals surface area (Å²) in [5.74, 6) is 0.855. The Morgan fingerprint density at radius 2 is 2.14 bits per heavy atom. The number of rotatable bonds is 8. The number of methoxy groups -OCH3 is 1. The van der Waals surface area contributed by atoms with E-state index in [0.29, 0.717) is 18.1 Å². The molecule has 1 N–H and O–H groups in total. The second-order valence-corrected chi connectivity index (χ2v) is 5.58. The zero-order chi connectivity index (χ0) is 16.5. The minimum absolute atomic E-state index is 0.0692. The Labute approximate surface area is 133 Å². The maximum atomic E-state index is 12.3. The zero-order valence-corrected chi connectivity index (χ0v) is 14.0. The van der Waals surface area contributed by atoms with Crippen molar-refractivity contribution in [2.45, 2.75) is 39.5 Å². The number of amides is 1. The summed E-state index contributed by atoms with van der Waals surface area (Å²) in [4.78, 5) is 13.9. The van der Waals surface area contributed by atoms with E-state index in [1.165, 1.54) is 13.2 Å². The van der Waals surface area contributed by atoms with E-state index in [4.69, 9.17) is 4.74 Å². The van der Waals surface area contributed by atoms with Gasteiger partial charge in [0.2, 0.25) is 5.91 Å². The molecular formula is C18H27NO3. The molecular weight excluding hydrogens is 278 g/mol. The number of nitrogens with zero attached hydrogens (tertiary/aromatic N) is 1. The zero-order valence-electron chi connectivity index (χ0n) is 14.0. The molecule has 22 heavy (non-hydrogen) atoms. The molecule has 122 valence electrons. The summed E-state index contributed by atoms with van der Waals surface area (Å²) in [6, 6.07) is 4.92. The summed E-state index contributed by atoms with van der Waals surface area (Å²) >= 11 is 0. The standard InChI is InChI=1S/C18H27NO3/c1-5-6-7-8-9-14(2)12-18(21)19(3)15-10-11-16(20)17(13-15)22-4/h6-7,10-11,13-14,20H,5,8-9,12H2,1-4H3. The van der Waals surface area contributed by atoms with Crippen LogP contribution in [-0.2, 0) is 4.79 Å². The Kier molecular flexibility index (Phi) is 7.50. The van der Waals surface area contributed by atoms with Gasteiger partial charge in [-0.05, 0) is 37.3 Å². The summed E-state index contributed by atoms with van der Waals surface area (Å²) in [5, 5.41) is 9.61. The van der Waals surface area contributed by atoms with Crippen molar-refractivity contribution in [3.05, 3.63) is 30.4 Å². The molecule has 0 saturated carbocycles. The number of allylic oxidation sites excluding steroid dienone is 2. The van der Waals surface area contributed by atoms with Gasteiger partial charge in [-0.3, -0.25) is 4.79 Å². The van der Waals surface area contributed by atoms with E-state index in [1.54, 1.807) is 24.1 Å². The van der Waals surface area contributed by atoms with Gasteiger partial charge in [0, 0.05) is 25.2 Å². The van der Waals surface area contributed by atoms with Gasteiger partial charge in [0.1, 0.15) is 0 Å². The van der Waals surface area contributed by atoms with E-state index >= 15 is 0 Å². The van der Waals surface area contributed by atoms with Crippen LogP contribution in [0.5, 0.6) is 11.5 Å². The third-order valence-electron chi connectivity index (χ3n) is 3.68. The molecule has 0 fully saturated rings. The lowest BCUT2D eigenvalue weighted by molar-refractivity contribution is -0.119. The van der Waals surface area contributed by atoms with Crippen molar-refractivity contribution in [3.63, 3.8) is 0 Å². The first kappa shape index (κ1) is 18.1. The number of carbonyl (C=O) groups is 1. The second-order valence-electron chi connectivity index (χ2n) is 5.58. The largest absolute Gasteiger partial charge is 0.504 e. The number of phenolic OH excluding ortho intramolecular Hbond substituents is 1. The van der Waals surface area contributed by atoms with Crippen molar-refractivity contribution in [1.82, 2.24) is 0 Å². The molecule has 0 aliphatic rings. The smallest absolute Gasteiger partial charge is 0.226 e. The van der Waals surface area contributed by atoms with Crippen molar-refractivity contribution in [3.8, 4) is 11.5 Å². The lowest BCUT2D eigenvalue weighted by atomic mass is 10.0. The third-order valence-corrected chi connectivity index (χ3v) is 3.68. The first-order valence-corrected chi connectivity index (χ1v) is 7.78. The molecule has 0 saturated heterocycles. The summed E-state index contributed by atoms with van der Waals surface area (Å²) in [6.07, 6.45) is 7.92. The molecule has 1 aromatic rings. The number of anilines is 1. The fraction of sp³-hybridized carbons (Fsp3) is 0.500. The monoisotopic (exact) mass is 305 g/mol. The molecule has 0 spiro atoms. The van der Waals surface area contributed by atoms with Crippen LogP contribution in [0.2, 0.25) is 0 Å². The van der Waals surface area contributed by atoms with E-state index < -0.39 is 0 Å². The molecule has 0 radical (unpaired) electrons. The molecule has 1 unspecified atom stereocenters. The minimum atomic E-state index is 0.0692. The number of hydrogen-bond acceptors (Lipinski definition) is 3. The predicted octanol–water partition coefficient (Wildman–Crippen LogP) is 4.14. The number of benzene rings is 1. The van der Waals surface area contributed by atoms with Crippen LogP contribution in [-0.4, -0.2) is 25.2 Å². The van der Waals surface area contributed by atoms with Crippen molar-refractivity contribution in [1.29, 1.82) is 0 Å². The Morgan fingerprint density at radius 1 is 1.41 bits per heavy atom. The molecule has 1 rings (SSSR count). The number of aromatic hydroxyl groups is 1. The average Bonchev–Trinajstić information content (AvgIpc) is 2.51. The van der Waals surface area contributed by atoms with Gasteiger partial charge in [-0.25, -0.2) is 0 Å². The maximum absolute atomic E-state index is 12.3. The molecule has 0 heterocycles. The van der Waals surface area contributed by atoms with Crippen LogP contribution in [0.4, 0.5) is 5.69 Å². The molecule has 1 atom stereocenters. The minimum Gasteiger partial charge on any atom is -0.504 e. The van der Waals surface area contributed by atoms with Gasteiger partial charge in [0.15, 0.2) is 11.5 Å². The Hall–Kier alpha value is -1.97. The first-order valence-electron chi connectivity index (χ1n) is 7.78. The van der Waals surface area contributed by atoms with Crippen LogP contribution >= 0.6 is 0 Å². The second kappa shape index (κ2) is 9.13. The molecule has 4 heteroatoms. The SMILES string of the molecule is CCC=CCCC(C)CC(=O)N(C)c1ccc(O)c(OC)c1. The molecule has 0 aromatic heterocycles. The molecule has 4 nitrogen and oxygen atoms in total. The Balaban J connectivity index is 2.59. The predicted molar refractivity (Wildman–Crippen MR) is 90.5 cm³/mol. The van der Waals surface area contributed by atoms with Gasteiger partial charge in [-0.2, -0.15) is 0 Å². The summed E-state index contributed by atoms with van der Waals surface area (Å²) in [5.41, 5.74) is 0.720. The fourth-order valence-electron chi connectivity index (χ4n) is 2.22. The van der Waals surface area contributed by atoms with E-state index in [2.05, 4.69) is 26.0 Å². The van der Waals surface area contributed by atoms with Gasteiger partial charge in [-0.1, -0.05) is 26.0 Å². The molecule has 0 aliphatic carbocycles. The van der Waals surface area contributed by atoms with Crippen molar-refractivity contribution in [2.75, 3.05) is 19.1 Å². The Bertz CT molecular complexity index is 511. The number of ether oxygens (including phenoxy) is 1. The van der Waals surface area contributed by atoms with Crippen molar-refractivity contribution < 1.29 is 14.6 Å². The summed E-state index contributed by atoms with van der Waals surface area (Å²) < 4.78 is 5.08.